The van der Waals surface area contributed by atoms with E-state index in [1.807, 2.05) is 29.2 Å². The number of nitrogens with zero attached hydrogens (tertiary/aromatic N) is 4. The van der Waals surface area contributed by atoms with E-state index >= 15 is 0 Å². The molecule has 0 aliphatic carbocycles. The summed E-state index contributed by atoms with van der Waals surface area (Å²) in [6.45, 7) is 6.93. The molecule has 1 aromatic carbocycles. The van der Waals surface area contributed by atoms with Crippen LogP contribution in [0.1, 0.15) is 60.3 Å². The fourth-order valence-corrected chi connectivity index (χ4v) is 4.93. The van der Waals surface area contributed by atoms with Crippen molar-refractivity contribution in [3.63, 3.8) is 0 Å². The predicted octanol–water partition coefficient (Wildman–Crippen LogP) is 4.29. The van der Waals surface area contributed by atoms with Crippen molar-refractivity contribution < 1.29 is 13.9 Å². The number of amides is 1. The first-order chi connectivity index (χ1) is 15.6. The largest absolute Gasteiger partial charge is 0.420 e. The third-order valence-corrected chi connectivity index (χ3v) is 6.91. The van der Waals surface area contributed by atoms with Crippen LogP contribution in [0.2, 0.25) is 0 Å². The SMILES string of the molecule is CC(C)c1ccc(C(=O)N2CC(c3nnc(-c4ccncc4)o3)C3(CCOCC3)C2)cc1. The van der Waals surface area contributed by atoms with E-state index in [-0.39, 0.29) is 17.2 Å². The fourth-order valence-electron chi connectivity index (χ4n) is 4.93. The minimum atomic E-state index is -0.103. The van der Waals surface area contributed by atoms with Crippen LogP contribution in [0, 0.1) is 5.41 Å². The van der Waals surface area contributed by atoms with E-state index in [2.05, 4.69) is 41.2 Å². The second-order valence-corrected chi connectivity index (χ2v) is 9.17. The van der Waals surface area contributed by atoms with Gasteiger partial charge in [-0.05, 0) is 48.6 Å². The molecule has 2 saturated heterocycles. The summed E-state index contributed by atoms with van der Waals surface area (Å²) in [5, 5.41) is 8.69. The van der Waals surface area contributed by atoms with Crippen LogP contribution < -0.4 is 0 Å². The minimum absolute atomic E-state index is 0.00613. The molecule has 0 bridgehead atoms. The Kier molecular flexibility index (Phi) is 5.51. The Bertz CT molecular complexity index is 1070. The average Bonchev–Trinajstić information content (AvgIpc) is 3.45. The van der Waals surface area contributed by atoms with Crippen LogP contribution in [0.25, 0.3) is 11.5 Å². The van der Waals surface area contributed by atoms with Gasteiger partial charge in [0.15, 0.2) is 0 Å². The van der Waals surface area contributed by atoms with Crippen LogP contribution in [0.4, 0.5) is 0 Å². The number of likely N-dealkylation sites (tertiary alicyclic amines) is 1. The molecule has 2 aromatic heterocycles. The Morgan fingerprint density at radius 1 is 1.06 bits per heavy atom. The van der Waals surface area contributed by atoms with E-state index in [4.69, 9.17) is 9.15 Å². The first-order valence-corrected chi connectivity index (χ1v) is 11.3. The van der Waals surface area contributed by atoms with Crippen LogP contribution >= 0.6 is 0 Å². The monoisotopic (exact) mass is 432 g/mol. The summed E-state index contributed by atoms with van der Waals surface area (Å²) < 4.78 is 11.8. The molecule has 7 heteroatoms. The van der Waals surface area contributed by atoms with E-state index in [0.29, 0.717) is 44.0 Å². The van der Waals surface area contributed by atoms with E-state index in [1.54, 1.807) is 12.4 Å². The maximum absolute atomic E-state index is 13.4. The van der Waals surface area contributed by atoms with Gasteiger partial charge in [0.1, 0.15) is 0 Å². The van der Waals surface area contributed by atoms with Crippen LogP contribution in [-0.2, 0) is 4.74 Å². The number of benzene rings is 1. The van der Waals surface area contributed by atoms with Gasteiger partial charge in [0.25, 0.3) is 5.91 Å². The van der Waals surface area contributed by atoms with E-state index in [0.717, 1.165) is 24.0 Å². The Morgan fingerprint density at radius 3 is 2.47 bits per heavy atom. The lowest BCUT2D eigenvalue weighted by molar-refractivity contribution is 0.00908. The van der Waals surface area contributed by atoms with Crippen molar-refractivity contribution >= 4 is 5.91 Å². The van der Waals surface area contributed by atoms with Gasteiger partial charge in [-0.2, -0.15) is 0 Å². The van der Waals surface area contributed by atoms with Gasteiger partial charge in [0.05, 0.1) is 5.92 Å². The van der Waals surface area contributed by atoms with Crippen molar-refractivity contribution in [1.82, 2.24) is 20.1 Å². The van der Waals surface area contributed by atoms with Gasteiger partial charge >= 0.3 is 0 Å². The number of aromatic nitrogens is 3. The van der Waals surface area contributed by atoms with Crippen molar-refractivity contribution in [3.05, 3.63) is 65.8 Å². The Balaban J connectivity index is 1.42. The Labute approximate surface area is 187 Å². The minimum Gasteiger partial charge on any atom is -0.420 e. The van der Waals surface area contributed by atoms with Crippen molar-refractivity contribution in [2.45, 2.75) is 38.5 Å². The lowest BCUT2D eigenvalue weighted by Crippen LogP contribution is -2.37. The van der Waals surface area contributed by atoms with Gasteiger partial charge in [0, 0.05) is 55.2 Å². The van der Waals surface area contributed by atoms with Crippen molar-refractivity contribution in [1.29, 1.82) is 0 Å². The highest BCUT2D eigenvalue weighted by Gasteiger charge is 2.51. The van der Waals surface area contributed by atoms with Gasteiger partial charge in [-0.25, -0.2) is 0 Å². The summed E-state index contributed by atoms with van der Waals surface area (Å²) in [5.74, 6) is 1.58. The molecule has 5 rings (SSSR count). The zero-order chi connectivity index (χ0) is 22.1. The van der Waals surface area contributed by atoms with Crippen LogP contribution in [-0.4, -0.2) is 52.3 Å². The molecule has 4 heterocycles. The molecule has 0 saturated carbocycles. The van der Waals surface area contributed by atoms with Crippen molar-refractivity contribution in [3.8, 4) is 11.5 Å². The maximum atomic E-state index is 13.4. The molecule has 1 atom stereocenters. The second-order valence-electron chi connectivity index (χ2n) is 9.17. The first kappa shape index (κ1) is 20.8. The zero-order valence-electron chi connectivity index (χ0n) is 18.5. The van der Waals surface area contributed by atoms with Gasteiger partial charge in [-0.3, -0.25) is 9.78 Å². The van der Waals surface area contributed by atoms with Gasteiger partial charge < -0.3 is 14.1 Å². The number of hydrogen-bond acceptors (Lipinski definition) is 6. The molecule has 166 valence electrons. The second kappa shape index (κ2) is 8.47. The Hall–Kier alpha value is -3.06. The van der Waals surface area contributed by atoms with E-state index in [9.17, 15) is 4.79 Å². The molecular formula is C25H28N4O3. The summed E-state index contributed by atoms with van der Waals surface area (Å²) in [5.41, 5.74) is 2.70. The quantitative estimate of drug-likeness (QED) is 0.612. The highest BCUT2D eigenvalue weighted by atomic mass is 16.5. The summed E-state index contributed by atoms with van der Waals surface area (Å²) in [6.07, 6.45) is 5.17. The Morgan fingerprint density at radius 2 is 1.78 bits per heavy atom. The highest BCUT2D eigenvalue weighted by Crippen LogP contribution is 2.49. The molecule has 1 unspecified atom stereocenters. The third kappa shape index (κ3) is 3.81. The number of carbonyl (C=O) groups excluding carboxylic acids is 1. The lowest BCUT2D eigenvalue weighted by Gasteiger charge is -2.36. The number of rotatable bonds is 4. The molecular weight excluding hydrogens is 404 g/mol. The standard InChI is InChI=1S/C25H28N4O3/c1-17(2)18-3-5-20(6-4-18)24(30)29-15-21(25(16-29)9-13-31-14-10-25)23-28-27-22(32-23)19-7-11-26-12-8-19/h3-8,11-12,17,21H,9-10,13-16H2,1-2H3. The number of ether oxygens (including phenoxy) is 1. The van der Waals surface area contributed by atoms with E-state index < -0.39 is 0 Å². The van der Waals surface area contributed by atoms with Crippen LogP contribution in [0.5, 0.6) is 0 Å². The van der Waals surface area contributed by atoms with Crippen molar-refractivity contribution in [2.75, 3.05) is 26.3 Å². The molecule has 0 radical (unpaired) electrons. The van der Waals surface area contributed by atoms with Crippen LogP contribution in [0.3, 0.4) is 0 Å². The third-order valence-electron chi connectivity index (χ3n) is 6.91. The summed E-state index contributed by atoms with van der Waals surface area (Å²) >= 11 is 0. The average molecular weight is 433 g/mol. The normalized spacial score (nSPS) is 20.2. The van der Waals surface area contributed by atoms with E-state index in [1.165, 1.54) is 5.56 Å². The topological polar surface area (TPSA) is 81.4 Å². The summed E-state index contributed by atoms with van der Waals surface area (Å²) in [6, 6.07) is 11.7. The summed E-state index contributed by atoms with van der Waals surface area (Å²) in [4.78, 5) is 19.4. The first-order valence-electron chi connectivity index (χ1n) is 11.3. The molecule has 2 aliphatic heterocycles. The molecule has 2 aliphatic rings. The molecule has 2 fully saturated rings. The lowest BCUT2D eigenvalue weighted by atomic mass is 9.72. The fraction of sp³-hybridized carbons (Fsp3) is 0.440. The predicted molar refractivity (Wildman–Crippen MR) is 119 cm³/mol. The molecule has 0 N–H and O–H groups in total. The van der Waals surface area contributed by atoms with Gasteiger partial charge in [-0.15, -0.1) is 10.2 Å². The van der Waals surface area contributed by atoms with Gasteiger partial charge in [0.2, 0.25) is 11.8 Å². The maximum Gasteiger partial charge on any atom is 0.253 e. The van der Waals surface area contributed by atoms with Gasteiger partial charge in [-0.1, -0.05) is 26.0 Å². The number of hydrogen-bond donors (Lipinski definition) is 0. The number of carbonyl (C=O) groups is 1. The molecule has 32 heavy (non-hydrogen) atoms. The molecule has 1 amide bonds. The molecule has 3 aromatic rings. The molecule has 1 spiro atoms. The summed E-state index contributed by atoms with van der Waals surface area (Å²) in [7, 11) is 0. The highest BCUT2D eigenvalue weighted by molar-refractivity contribution is 5.94. The number of pyridine rings is 1. The van der Waals surface area contributed by atoms with Crippen molar-refractivity contribution in [2.24, 2.45) is 5.41 Å². The molecule has 7 nitrogen and oxygen atoms in total. The zero-order valence-corrected chi connectivity index (χ0v) is 18.5. The smallest absolute Gasteiger partial charge is 0.253 e. The van der Waals surface area contributed by atoms with Crippen LogP contribution in [0.15, 0.2) is 53.2 Å².